The summed E-state index contributed by atoms with van der Waals surface area (Å²) >= 11 is 0. The first-order valence-corrected chi connectivity index (χ1v) is 5.81. The molecule has 0 aromatic carbocycles. The van der Waals surface area contributed by atoms with Gasteiger partial charge in [-0.2, -0.15) is 0 Å². The van der Waals surface area contributed by atoms with Crippen molar-refractivity contribution in [3.63, 3.8) is 0 Å². The summed E-state index contributed by atoms with van der Waals surface area (Å²) in [6.07, 6.45) is 2.08. The van der Waals surface area contributed by atoms with Crippen LogP contribution in [0.1, 0.15) is 19.5 Å². The fourth-order valence-electron chi connectivity index (χ4n) is 1.67. The monoisotopic (exact) mass is 281 g/mol. The minimum Gasteiger partial charge on any atom is -0.353 e. The summed E-state index contributed by atoms with van der Waals surface area (Å²) in [5.41, 5.74) is 1.34. The Bertz CT molecular complexity index is 272. The van der Waals surface area contributed by atoms with Crippen LogP contribution in [0, 0.1) is 0 Å². The molecule has 1 N–H and O–H groups in total. The van der Waals surface area contributed by atoms with Gasteiger partial charge in [-0.15, -0.1) is 24.8 Å². The summed E-state index contributed by atoms with van der Waals surface area (Å²) in [6.45, 7) is 9.86. The second-order valence-electron chi connectivity index (χ2n) is 3.81. The smallest absolute Gasteiger partial charge is 0.0359 e. The molecule has 1 aromatic heterocycles. The van der Waals surface area contributed by atoms with E-state index in [-0.39, 0.29) is 24.8 Å². The predicted molar refractivity (Wildman–Crippen MR) is 79.4 cm³/mol. The normalized spacial score (nSPS) is 9.88. The van der Waals surface area contributed by atoms with Crippen LogP contribution in [0.3, 0.4) is 0 Å². The first kappa shape index (κ1) is 19.1. The molecule has 102 valence electrons. The van der Waals surface area contributed by atoms with Crippen LogP contribution >= 0.6 is 24.8 Å². The van der Waals surface area contributed by atoms with Crippen LogP contribution in [0.4, 0.5) is 0 Å². The number of hydrogen-bond donors (Lipinski definition) is 1. The van der Waals surface area contributed by atoms with Crippen molar-refractivity contribution >= 4 is 24.8 Å². The zero-order valence-electron chi connectivity index (χ0n) is 11.0. The van der Waals surface area contributed by atoms with Gasteiger partial charge in [-0.1, -0.05) is 13.8 Å². The van der Waals surface area contributed by atoms with Crippen molar-refractivity contribution in [1.29, 1.82) is 0 Å². The maximum absolute atomic E-state index is 3.47. The van der Waals surface area contributed by atoms with Crippen LogP contribution in [0.2, 0.25) is 0 Å². The van der Waals surface area contributed by atoms with Crippen molar-refractivity contribution in [3.8, 4) is 0 Å². The molecule has 17 heavy (non-hydrogen) atoms. The van der Waals surface area contributed by atoms with Gasteiger partial charge < -0.3 is 14.8 Å². The van der Waals surface area contributed by atoms with Crippen LogP contribution in [0.5, 0.6) is 0 Å². The van der Waals surface area contributed by atoms with Crippen molar-refractivity contribution in [2.24, 2.45) is 7.05 Å². The summed E-state index contributed by atoms with van der Waals surface area (Å²) in [4.78, 5) is 2.43. The van der Waals surface area contributed by atoms with E-state index in [0.29, 0.717) is 0 Å². The van der Waals surface area contributed by atoms with Crippen molar-refractivity contribution in [2.75, 3.05) is 26.2 Å². The van der Waals surface area contributed by atoms with Crippen molar-refractivity contribution in [3.05, 3.63) is 24.0 Å². The lowest BCUT2D eigenvalue weighted by Crippen LogP contribution is -2.31. The molecule has 0 spiro atoms. The molecule has 0 aliphatic heterocycles. The molecule has 0 saturated heterocycles. The average molecular weight is 282 g/mol. The molecule has 0 amide bonds. The molecule has 0 bridgehead atoms. The zero-order chi connectivity index (χ0) is 11.1. The molecule has 5 heteroatoms. The Balaban J connectivity index is 0. The number of nitrogens with zero attached hydrogens (tertiary/aromatic N) is 2. The second kappa shape index (κ2) is 10.9. The molecule has 0 aliphatic rings. The van der Waals surface area contributed by atoms with Gasteiger partial charge in [0.05, 0.1) is 0 Å². The highest BCUT2D eigenvalue weighted by Gasteiger charge is 1.99. The summed E-state index contributed by atoms with van der Waals surface area (Å²) in [6, 6.07) is 4.24. The van der Waals surface area contributed by atoms with E-state index in [9.17, 15) is 0 Å². The van der Waals surface area contributed by atoms with E-state index >= 15 is 0 Å². The van der Waals surface area contributed by atoms with Crippen molar-refractivity contribution in [1.82, 2.24) is 14.8 Å². The van der Waals surface area contributed by atoms with Gasteiger partial charge in [0.25, 0.3) is 0 Å². The predicted octanol–water partition coefficient (Wildman–Crippen LogP) is 2.30. The molecule has 0 saturated carbocycles. The van der Waals surface area contributed by atoms with E-state index in [2.05, 4.69) is 54.0 Å². The van der Waals surface area contributed by atoms with Gasteiger partial charge in [0.2, 0.25) is 0 Å². The number of rotatable bonds is 7. The minimum absolute atomic E-state index is 0. The molecule has 1 rings (SSSR count). The second-order valence-corrected chi connectivity index (χ2v) is 3.81. The van der Waals surface area contributed by atoms with E-state index < -0.39 is 0 Å². The van der Waals surface area contributed by atoms with Crippen LogP contribution < -0.4 is 5.32 Å². The SMILES string of the molecule is CCN(CC)CCNCc1cccn1C.Cl.Cl. The quantitative estimate of drug-likeness (QED) is 0.774. The highest BCUT2D eigenvalue weighted by Crippen LogP contribution is 1.97. The molecule has 0 fully saturated rings. The molecule has 0 aliphatic carbocycles. The molecule has 0 radical (unpaired) electrons. The molecule has 1 aromatic rings. The lowest BCUT2D eigenvalue weighted by atomic mass is 10.4. The van der Waals surface area contributed by atoms with E-state index in [1.54, 1.807) is 0 Å². The maximum Gasteiger partial charge on any atom is 0.0359 e. The minimum atomic E-state index is 0. The van der Waals surface area contributed by atoms with Gasteiger partial charge in [-0.3, -0.25) is 0 Å². The Morgan fingerprint density at radius 1 is 1.24 bits per heavy atom. The third-order valence-electron chi connectivity index (χ3n) is 2.86. The Morgan fingerprint density at radius 3 is 2.35 bits per heavy atom. The third kappa shape index (κ3) is 6.94. The van der Waals surface area contributed by atoms with E-state index in [4.69, 9.17) is 0 Å². The number of nitrogens with one attached hydrogen (secondary N) is 1. The number of aryl methyl sites for hydroxylation is 1. The third-order valence-corrected chi connectivity index (χ3v) is 2.86. The lowest BCUT2D eigenvalue weighted by molar-refractivity contribution is 0.302. The lowest BCUT2D eigenvalue weighted by Gasteiger charge is -2.18. The Hall–Kier alpha value is -0.220. The van der Waals surface area contributed by atoms with Crippen LogP contribution in [-0.2, 0) is 13.6 Å². The van der Waals surface area contributed by atoms with Crippen LogP contribution in [0.25, 0.3) is 0 Å². The van der Waals surface area contributed by atoms with Crippen LogP contribution in [-0.4, -0.2) is 35.6 Å². The van der Waals surface area contributed by atoms with Crippen molar-refractivity contribution < 1.29 is 0 Å². The van der Waals surface area contributed by atoms with Gasteiger partial charge in [0.15, 0.2) is 0 Å². The average Bonchev–Trinajstić information content (AvgIpc) is 2.65. The molecule has 0 unspecified atom stereocenters. The highest BCUT2D eigenvalue weighted by molar-refractivity contribution is 5.85. The first-order valence-electron chi connectivity index (χ1n) is 5.81. The molecule has 0 atom stereocenters. The maximum atomic E-state index is 3.47. The van der Waals surface area contributed by atoms with Crippen LogP contribution in [0.15, 0.2) is 18.3 Å². The molecular weight excluding hydrogens is 257 g/mol. The summed E-state index contributed by atoms with van der Waals surface area (Å²) in [5, 5.41) is 3.47. The number of hydrogen-bond acceptors (Lipinski definition) is 2. The van der Waals surface area contributed by atoms with Gasteiger partial charge in [-0.05, 0) is 25.2 Å². The summed E-state index contributed by atoms with van der Waals surface area (Å²) in [5.74, 6) is 0. The van der Waals surface area contributed by atoms with E-state index in [1.165, 1.54) is 5.69 Å². The van der Waals surface area contributed by atoms with Gasteiger partial charge in [0, 0.05) is 38.6 Å². The Kier molecular flexibility index (Phi) is 12.3. The van der Waals surface area contributed by atoms with Crippen molar-refractivity contribution in [2.45, 2.75) is 20.4 Å². The van der Waals surface area contributed by atoms with Gasteiger partial charge >= 0.3 is 0 Å². The Labute approximate surface area is 117 Å². The van der Waals surface area contributed by atoms with E-state index in [0.717, 1.165) is 32.7 Å². The molecular formula is C12H25Cl2N3. The van der Waals surface area contributed by atoms with Gasteiger partial charge in [-0.25, -0.2) is 0 Å². The molecule has 3 nitrogen and oxygen atoms in total. The standard InChI is InChI=1S/C12H23N3.2ClH/c1-4-15(5-2)10-8-13-11-12-7-6-9-14(12)3;;/h6-7,9,13H,4-5,8,10-11H2,1-3H3;2*1H. The highest BCUT2D eigenvalue weighted by atomic mass is 35.5. The topological polar surface area (TPSA) is 20.2 Å². The largest absolute Gasteiger partial charge is 0.353 e. The fourth-order valence-corrected chi connectivity index (χ4v) is 1.67. The Morgan fingerprint density at radius 2 is 1.88 bits per heavy atom. The van der Waals surface area contributed by atoms with E-state index in [1.807, 2.05) is 0 Å². The number of aromatic nitrogens is 1. The summed E-state index contributed by atoms with van der Waals surface area (Å²) in [7, 11) is 2.08. The molecule has 1 heterocycles. The fraction of sp³-hybridized carbons (Fsp3) is 0.667. The number of likely N-dealkylation sites (N-methyl/N-ethyl adjacent to an activating group) is 1. The summed E-state index contributed by atoms with van der Waals surface area (Å²) < 4.78 is 2.16. The van der Waals surface area contributed by atoms with Gasteiger partial charge in [0.1, 0.15) is 0 Å². The first-order chi connectivity index (χ1) is 7.27. The number of halogens is 2. The zero-order valence-corrected chi connectivity index (χ0v) is 12.6.